The Balaban J connectivity index is 0. The molecule has 0 amide bonds. The monoisotopic (exact) mass is 393 g/mol. The van der Waals surface area contributed by atoms with Gasteiger partial charge < -0.3 is 14.8 Å². The van der Waals surface area contributed by atoms with Crippen molar-refractivity contribution in [3.8, 4) is 0 Å². The number of unbranched alkanes of at least 4 members (excludes halogenated alkanes) is 10. The summed E-state index contributed by atoms with van der Waals surface area (Å²) in [4.78, 5) is 13.6. The van der Waals surface area contributed by atoms with Crippen LogP contribution in [-0.2, 0) is 4.79 Å². The van der Waals surface area contributed by atoms with Gasteiger partial charge in [-0.2, -0.15) is 0 Å². The molecule has 0 saturated heterocycles. The van der Waals surface area contributed by atoms with E-state index in [4.69, 9.17) is 0 Å². The van der Waals surface area contributed by atoms with Gasteiger partial charge in [0, 0.05) is 18.4 Å². The summed E-state index contributed by atoms with van der Waals surface area (Å²) in [6.07, 6.45) is 17.7. The Bertz CT molecular complexity index is 284. The van der Waals surface area contributed by atoms with Gasteiger partial charge in [0.15, 0.2) is 0 Å². The predicted octanol–water partition coefficient (Wildman–Crippen LogP) is 2.32. The first-order valence-corrected chi connectivity index (χ1v) is 11.1. The second-order valence-corrected chi connectivity index (χ2v) is 7.59. The topological polar surface area (TPSA) is 43.4 Å². The van der Waals surface area contributed by atoms with Gasteiger partial charge in [-0.25, -0.2) is 0 Å². The molecule has 1 unspecified atom stereocenters. The van der Waals surface area contributed by atoms with Crippen LogP contribution in [0.25, 0.3) is 0 Å². The Kier molecular flexibility index (Phi) is 25.2. The predicted molar refractivity (Wildman–Crippen MR) is 107 cm³/mol. The van der Waals surface area contributed by atoms with Crippen LogP contribution in [0.2, 0.25) is 0 Å². The minimum Gasteiger partial charge on any atom is -0.550 e. The Labute approximate surface area is 206 Å². The van der Waals surface area contributed by atoms with Gasteiger partial charge in [-0.3, -0.25) is 0 Å². The van der Waals surface area contributed by atoms with Crippen LogP contribution in [0.4, 0.5) is 0 Å². The smallest absolute Gasteiger partial charge is 0.550 e. The van der Waals surface area contributed by atoms with Gasteiger partial charge in [0.25, 0.3) is 0 Å². The minimum atomic E-state index is -0.894. The number of carboxylic acid groups (broad SMARTS) is 1. The number of carboxylic acids is 1. The summed E-state index contributed by atoms with van der Waals surface area (Å²) in [5.41, 5.74) is 0. The number of carbonyl (C=O) groups excluding carboxylic acids is 1. The van der Waals surface area contributed by atoms with E-state index in [2.05, 4.69) is 25.7 Å². The standard InChI is InChI=1S/C22H45NO2.K/c1-4-7-9-11-13-15-18-23(19-16-14-12-10-8-5-2)21(17-6-3)20-22(24)25;/h21H,4-20H2,1-3H3,(H,24,25);/q;+1/p-1. The second-order valence-electron chi connectivity index (χ2n) is 7.59. The number of carbonyl (C=O) groups is 1. The molecule has 0 rings (SSSR count). The summed E-state index contributed by atoms with van der Waals surface area (Å²) < 4.78 is 0. The van der Waals surface area contributed by atoms with Gasteiger partial charge in [-0.15, -0.1) is 0 Å². The summed E-state index contributed by atoms with van der Waals surface area (Å²) in [7, 11) is 0. The van der Waals surface area contributed by atoms with Crippen LogP contribution < -0.4 is 56.5 Å². The largest absolute Gasteiger partial charge is 1.00 e. The van der Waals surface area contributed by atoms with Crippen LogP contribution in [0.3, 0.4) is 0 Å². The molecule has 0 aromatic heterocycles. The van der Waals surface area contributed by atoms with Crippen molar-refractivity contribution in [3.05, 3.63) is 0 Å². The Morgan fingerprint density at radius 1 is 0.731 bits per heavy atom. The van der Waals surface area contributed by atoms with Crippen molar-refractivity contribution in [3.63, 3.8) is 0 Å². The Morgan fingerprint density at radius 2 is 1.15 bits per heavy atom. The Morgan fingerprint density at radius 3 is 1.54 bits per heavy atom. The third-order valence-corrected chi connectivity index (χ3v) is 5.14. The fourth-order valence-corrected chi connectivity index (χ4v) is 3.61. The van der Waals surface area contributed by atoms with Crippen LogP contribution in [-0.4, -0.2) is 30.0 Å². The van der Waals surface area contributed by atoms with Crippen molar-refractivity contribution >= 4 is 5.97 Å². The van der Waals surface area contributed by atoms with Gasteiger partial charge in [-0.1, -0.05) is 91.4 Å². The van der Waals surface area contributed by atoms with Crippen molar-refractivity contribution in [2.24, 2.45) is 0 Å². The van der Waals surface area contributed by atoms with E-state index >= 15 is 0 Å². The molecule has 150 valence electrons. The molecule has 0 aromatic rings. The molecule has 0 aliphatic carbocycles. The molecular weight excluding hydrogens is 349 g/mol. The zero-order chi connectivity index (χ0) is 18.8. The SMILES string of the molecule is CCCCCCCCN(CCCCCCCC)C(CCC)CC(=O)[O-].[K+]. The maximum Gasteiger partial charge on any atom is 1.00 e. The number of nitrogens with zero attached hydrogens (tertiary/aromatic N) is 1. The summed E-state index contributed by atoms with van der Waals surface area (Å²) in [6.45, 7) is 8.75. The summed E-state index contributed by atoms with van der Waals surface area (Å²) in [5.74, 6) is -0.894. The molecule has 4 heteroatoms. The van der Waals surface area contributed by atoms with Gasteiger partial charge in [0.2, 0.25) is 0 Å². The maximum absolute atomic E-state index is 11.1. The Hall–Kier alpha value is 1.07. The first-order valence-electron chi connectivity index (χ1n) is 11.1. The molecule has 0 aromatic carbocycles. The normalized spacial score (nSPS) is 12.2. The number of hydrogen-bond donors (Lipinski definition) is 0. The molecule has 1 atom stereocenters. The van der Waals surface area contributed by atoms with Crippen LogP contribution in [0.15, 0.2) is 0 Å². The van der Waals surface area contributed by atoms with E-state index in [-0.39, 0.29) is 63.8 Å². The molecule has 0 bridgehead atoms. The number of aliphatic carboxylic acids is 1. The molecule has 0 aliphatic rings. The van der Waals surface area contributed by atoms with Crippen molar-refractivity contribution in [2.45, 2.75) is 123 Å². The van der Waals surface area contributed by atoms with E-state index in [1.165, 1.54) is 77.0 Å². The van der Waals surface area contributed by atoms with E-state index in [0.717, 1.165) is 25.9 Å². The van der Waals surface area contributed by atoms with Gasteiger partial charge in [0.1, 0.15) is 0 Å². The second kappa shape index (κ2) is 22.4. The van der Waals surface area contributed by atoms with Crippen LogP contribution in [0, 0.1) is 0 Å². The van der Waals surface area contributed by atoms with Crippen molar-refractivity contribution in [1.29, 1.82) is 0 Å². The van der Waals surface area contributed by atoms with E-state index < -0.39 is 5.97 Å². The van der Waals surface area contributed by atoms with Crippen molar-refractivity contribution in [1.82, 2.24) is 4.90 Å². The van der Waals surface area contributed by atoms with Crippen LogP contribution in [0.1, 0.15) is 117 Å². The quantitative estimate of drug-likeness (QED) is 0.250. The van der Waals surface area contributed by atoms with Gasteiger partial charge in [0.05, 0.1) is 0 Å². The summed E-state index contributed by atoms with van der Waals surface area (Å²) >= 11 is 0. The minimum absolute atomic E-state index is 0. The third kappa shape index (κ3) is 18.4. The molecule has 0 saturated carbocycles. The average molecular weight is 394 g/mol. The number of rotatable bonds is 19. The maximum atomic E-state index is 11.1. The van der Waals surface area contributed by atoms with E-state index in [1.54, 1.807) is 0 Å². The fraction of sp³-hybridized carbons (Fsp3) is 0.955. The van der Waals surface area contributed by atoms with E-state index in [0.29, 0.717) is 0 Å². The molecule has 26 heavy (non-hydrogen) atoms. The molecule has 0 aliphatic heterocycles. The zero-order valence-electron chi connectivity index (χ0n) is 18.4. The molecule has 0 heterocycles. The van der Waals surface area contributed by atoms with Gasteiger partial charge in [-0.05, 0) is 32.4 Å². The first kappa shape index (κ1) is 29.3. The van der Waals surface area contributed by atoms with E-state index in [1.807, 2.05) is 0 Å². The molecule has 3 nitrogen and oxygen atoms in total. The van der Waals surface area contributed by atoms with E-state index in [9.17, 15) is 9.90 Å². The molecule has 0 fully saturated rings. The van der Waals surface area contributed by atoms with Crippen LogP contribution >= 0.6 is 0 Å². The van der Waals surface area contributed by atoms with Crippen molar-refractivity contribution in [2.75, 3.05) is 13.1 Å². The third-order valence-electron chi connectivity index (χ3n) is 5.14. The molecule has 0 N–H and O–H groups in total. The van der Waals surface area contributed by atoms with Gasteiger partial charge >= 0.3 is 51.4 Å². The fourth-order valence-electron chi connectivity index (χ4n) is 3.61. The van der Waals surface area contributed by atoms with Crippen molar-refractivity contribution < 1.29 is 61.3 Å². The summed E-state index contributed by atoms with van der Waals surface area (Å²) in [6, 6.07) is 0.168. The zero-order valence-corrected chi connectivity index (χ0v) is 21.5. The molecule has 0 radical (unpaired) electrons. The van der Waals surface area contributed by atoms with Crippen LogP contribution in [0.5, 0.6) is 0 Å². The first-order chi connectivity index (χ1) is 12.2. The molecular formula is C22H44KNO2. The average Bonchev–Trinajstić information content (AvgIpc) is 2.58. The molecule has 0 spiro atoms. The summed E-state index contributed by atoms with van der Waals surface area (Å²) in [5, 5.41) is 11.1. The number of hydrogen-bond acceptors (Lipinski definition) is 3.